The Bertz CT molecular complexity index is 887. The molecule has 0 spiro atoms. The van der Waals surface area contributed by atoms with E-state index in [1.54, 1.807) is 11.8 Å². The molecule has 5 nitrogen and oxygen atoms in total. The number of carbonyl (C=O) groups excluding carboxylic acids is 1. The number of nitrogens with one attached hydrogen (secondary N) is 1. The van der Waals surface area contributed by atoms with Gasteiger partial charge in [0.25, 0.3) is 5.91 Å². The van der Waals surface area contributed by atoms with E-state index in [9.17, 15) is 4.79 Å². The molecule has 0 atom stereocenters. The van der Waals surface area contributed by atoms with Gasteiger partial charge in [-0.05, 0) is 36.9 Å². The van der Waals surface area contributed by atoms with Gasteiger partial charge in [-0.3, -0.25) is 4.79 Å². The predicted molar refractivity (Wildman–Crippen MR) is 102 cm³/mol. The van der Waals surface area contributed by atoms with Gasteiger partial charge in [0.15, 0.2) is 11.0 Å². The third-order valence-electron chi connectivity index (χ3n) is 3.80. The number of nitrogens with zero attached hydrogens (tertiary/aromatic N) is 3. The van der Waals surface area contributed by atoms with Crippen molar-refractivity contribution in [3.8, 4) is 11.4 Å². The zero-order chi connectivity index (χ0) is 17.8. The number of anilines is 1. The highest BCUT2D eigenvalue weighted by atomic mass is 32.2. The normalized spacial score (nSPS) is 10.7. The molecule has 1 aromatic heterocycles. The highest BCUT2D eigenvalue weighted by molar-refractivity contribution is 7.99. The molecule has 0 saturated carbocycles. The lowest BCUT2D eigenvalue weighted by Crippen LogP contribution is -2.11. The lowest BCUT2D eigenvalue weighted by atomic mass is 10.1. The quantitative estimate of drug-likeness (QED) is 0.701. The number of thioether (sulfide) groups is 1. The second-order valence-electron chi connectivity index (χ2n) is 5.70. The van der Waals surface area contributed by atoms with Gasteiger partial charge in [-0.25, -0.2) is 0 Å². The Labute approximate surface area is 151 Å². The van der Waals surface area contributed by atoms with Crippen LogP contribution in [0, 0.1) is 6.92 Å². The Morgan fingerprint density at radius 2 is 1.92 bits per heavy atom. The third-order valence-corrected chi connectivity index (χ3v) is 4.70. The molecule has 1 N–H and O–H groups in total. The van der Waals surface area contributed by atoms with Gasteiger partial charge in [-0.2, -0.15) is 0 Å². The van der Waals surface area contributed by atoms with Crippen molar-refractivity contribution < 1.29 is 4.79 Å². The topological polar surface area (TPSA) is 59.8 Å². The molecular formula is C19H20N4OS. The maximum Gasteiger partial charge on any atom is 0.255 e. The van der Waals surface area contributed by atoms with Crippen LogP contribution in [0.3, 0.4) is 0 Å². The molecule has 3 rings (SSSR count). The minimum atomic E-state index is -0.127. The summed E-state index contributed by atoms with van der Waals surface area (Å²) >= 11 is 1.65. The summed E-state index contributed by atoms with van der Waals surface area (Å²) in [5.41, 5.74) is 3.41. The third kappa shape index (κ3) is 3.91. The van der Waals surface area contributed by atoms with E-state index in [0.717, 1.165) is 33.5 Å². The molecule has 0 unspecified atom stereocenters. The second kappa shape index (κ2) is 7.53. The van der Waals surface area contributed by atoms with Crippen LogP contribution >= 0.6 is 11.8 Å². The Kier molecular flexibility index (Phi) is 5.19. The average Bonchev–Trinajstić information content (AvgIpc) is 2.97. The minimum Gasteiger partial charge on any atom is -0.322 e. The maximum absolute atomic E-state index is 12.4. The fourth-order valence-corrected chi connectivity index (χ4v) is 3.10. The number of carbonyl (C=O) groups is 1. The van der Waals surface area contributed by atoms with Gasteiger partial charge in [0.05, 0.1) is 0 Å². The predicted octanol–water partition coefficient (Wildman–Crippen LogP) is 4.15. The molecule has 0 aliphatic heterocycles. The van der Waals surface area contributed by atoms with Crippen LogP contribution in [-0.4, -0.2) is 26.4 Å². The van der Waals surface area contributed by atoms with Crippen LogP contribution in [0.2, 0.25) is 0 Å². The molecule has 0 radical (unpaired) electrons. The molecule has 128 valence electrons. The van der Waals surface area contributed by atoms with Crippen molar-refractivity contribution in [3.63, 3.8) is 0 Å². The fourth-order valence-electron chi connectivity index (χ4n) is 2.47. The van der Waals surface area contributed by atoms with Gasteiger partial charge in [-0.1, -0.05) is 48.5 Å². The summed E-state index contributed by atoms with van der Waals surface area (Å²) in [6, 6.07) is 15.2. The molecule has 0 saturated heterocycles. The highest BCUT2D eigenvalue weighted by Gasteiger charge is 2.12. The first kappa shape index (κ1) is 17.2. The smallest absolute Gasteiger partial charge is 0.255 e. The van der Waals surface area contributed by atoms with E-state index < -0.39 is 0 Å². The minimum absolute atomic E-state index is 0.127. The molecular weight excluding hydrogens is 332 g/mol. The van der Waals surface area contributed by atoms with Gasteiger partial charge in [0.2, 0.25) is 0 Å². The van der Waals surface area contributed by atoms with E-state index in [0.29, 0.717) is 5.56 Å². The summed E-state index contributed by atoms with van der Waals surface area (Å²) in [5.74, 6) is 1.60. The summed E-state index contributed by atoms with van der Waals surface area (Å²) in [6.45, 7) is 4.08. The van der Waals surface area contributed by atoms with E-state index in [-0.39, 0.29) is 5.91 Å². The number of rotatable bonds is 5. The van der Waals surface area contributed by atoms with E-state index in [2.05, 4.69) is 22.4 Å². The lowest BCUT2D eigenvalue weighted by Gasteiger charge is -2.08. The van der Waals surface area contributed by atoms with Gasteiger partial charge < -0.3 is 9.88 Å². The van der Waals surface area contributed by atoms with Gasteiger partial charge in [0.1, 0.15) is 0 Å². The van der Waals surface area contributed by atoms with Crippen molar-refractivity contribution in [2.24, 2.45) is 7.05 Å². The van der Waals surface area contributed by atoms with E-state index in [1.807, 2.05) is 67.1 Å². The van der Waals surface area contributed by atoms with Crippen LogP contribution < -0.4 is 5.32 Å². The van der Waals surface area contributed by atoms with E-state index in [1.165, 1.54) is 0 Å². The first-order valence-corrected chi connectivity index (χ1v) is 9.07. The molecule has 25 heavy (non-hydrogen) atoms. The maximum atomic E-state index is 12.4. The van der Waals surface area contributed by atoms with Crippen molar-refractivity contribution >= 4 is 23.4 Å². The van der Waals surface area contributed by atoms with Gasteiger partial charge >= 0.3 is 0 Å². The van der Waals surface area contributed by atoms with Crippen molar-refractivity contribution in [3.05, 3.63) is 59.7 Å². The summed E-state index contributed by atoms with van der Waals surface area (Å²) in [5, 5.41) is 12.3. The number of hydrogen-bond acceptors (Lipinski definition) is 4. The molecule has 1 amide bonds. The van der Waals surface area contributed by atoms with Crippen LogP contribution in [0.4, 0.5) is 5.69 Å². The van der Waals surface area contributed by atoms with Gasteiger partial charge in [-0.15, -0.1) is 10.2 Å². The van der Waals surface area contributed by atoms with Crippen molar-refractivity contribution in [1.29, 1.82) is 0 Å². The van der Waals surface area contributed by atoms with Crippen molar-refractivity contribution in [2.45, 2.75) is 19.0 Å². The average molecular weight is 352 g/mol. The Balaban J connectivity index is 1.82. The van der Waals surface area contributed by atoms with Crippen LogP contribution in [0.1, 0.15) is 22.8 Å². The lowest BCUT2D eigenvalue weighted by molar-refractivity contribution is 0.102. The van der Waals surface area contributed by atoms with Crippen LogP contribution in [0.25, 0.3) is 11.4 Å². The number of hydrogen-bond donors (Lipinski definition) is 1. The molecule has 0 fully saturated rings. The van der Waals surface area contributed by atoms with Crippen LogP contribution in [-0.2, 0) is 7.05 Å². The van der Waals surface area contributed by atoms with Crippen molar-refractivity contribution in [1.82, 2.24) is 14.8 Å². The molecule has 1 heterocycles. The molecule has 0 bridgehead atoms. The molecule has 0 aliphatic carbocycles. The Hall–Kier alpha value is -2.60. The monoisotopic (exact) mass is 352 g/mol. The number of aromatic nitrogens is 3. The summed E-state index contributed by atoms with van der Waals surface area (Å²) in [7, 11) is 1.95. The second-order valence-corrected chi connectivity index (χ2v) is 6.93. The zero-order valence-corrected chi connectivity index (χ0v) is 15.3. The number of aryl methyl sites for hydroxylation is 1. The molecule has 3 aromatic rings. The van der Waals surface area contributed by atoms with E-state index >= 15 is 0 Å². The summed E-state index contributed by atoms with van der Waals surface area (Å²) in [4.78, 5) is 12.4. The van der Waals surface area contributed by atoms with Crippen LogP contribution in [0.5, 0.6) is 0 Å². The van der Waals surface area contributed by atoms with E-state index in [4.69, 9.17) is 0 Å². The Morgan fingerprint density at radius 1 is 1.16 bits per heavy atom. The van der Waals surface area contributed by atoms with Crippen LogP contribution in [0.15, 0.2) is 53.7 Å². The number of benzene rings is 2. The van der Waals surface area contributed by atoms with Gasteiger partial charge in [0, 0.05) is 23.9 Å². The first-order valence-electron chi connectivity index (χ1n) is 8.09. The molecule has 0 aliphatic rings. The summed E-state index contributed by atoms with van der Waals surface area (Å²) < 4.78 is 1.97. The first-order chi connectivity index (χ1) is 12.1. The largest absolute Gasteiger partial charge is 0.322 e. The fraction of sp³-hybridized carbons (Fsp3) is 0.211. The van der Waals surface area contributed by atoms with Crippen molar-refractivity contribution in [2.75, 3.05) is 11.1 Å². The number of amides is 1. The SMILES string of the molecule is CCSc1nnc(-c2cccc(NC(=O)c3ccc(C)cc3)c2)n1C. The Morgan fingerprint density at radius 3 is 2.64 bits per heavy atom. The zero-order valence-electron chi connectivity index (χ0n) is 14.5. The molecule has 2 aromatic carbocycles. The molecule has 6 heteroatoms. The highest BCUT2D eigenvalue weighted by Crippen LogP contribution is 2.24. The standard InChI is InChI=1S/C19H20N4OS/c1-4-25-19-22-21-17(23(19)3)15-6-5-7-16(12-15)20-18(24)14-10-8-13(2)9-11-14/h5-12H,4H2,1-3H3,(H,20,24). The summed E-state index contributed by atoms with van der Waals surface area (Å²) in [6.07, 6.45) is 0.